The van der Waals surface area contributed by atoms with Gasteiger partial charge < -0.3 is 19.2 Å². The summed E-state index contributed by atoms with van der Waals surface area (Å²) < 4.78 is 5.70. The molecule has 2 aromatic heterocycles. The number of rotatable bonds is 5. The lowest BCUT2D eigenvalue weighted by atomic mass is 10.00. The summed E-state index contributed by atoms with van der Waals surface area (Å²) in [5.41, 5.74) is 4.64. The maximum atomic E-state index is 8.00. The van der Waals surface area contributed by atoms with E-state index < -0.39 is 0 Å². The molecule has 1 saturated heterocycles. The molecule has 3 heterocycles. The number of pyridine rings is 1. The Balaban J connectivity index is 0.000000339. The van der Waals surface area contributed by atoms with Gasteiger partial charge in [0.2, 0.25) is 11.8 Å². The lowest BCUT2D eigenvalue weighted by Gasteiger charge is -2.30. The highest BCUT2D eigenvalue weighted by Gasteiger charge is 2.25. The van der Waals surface area contributed by atoms with E-state index >= 15 is 0 Å². The number of carbonyl (C=O) groups is 2. The van der Waals surface area contributed by atoms with E-state index in [0.717, 1.165) is 47.8 Å². The Labute approximate surface area is 240 Å². The average molecular weight is 548 g/mol. The van der Waals surface area contributed by atoms with Gasteiger partial charge in [0.15, 0.2) is 0 Å². The third-order valence-corrected chi connectivity index (χ3v) is 6.40. The molecule has 0 bridgehead atoms. The minimum absolute atomic E-state index is 0.583. The number of carbonyl (C=O) groups excluding carboxylic acids is 2. The zero-order valence-electron chi connectivity index (χ0n) is 25.0. The minimum Gasteiger partial charge on any atom is -0.439 e. The minimum atomic E-state index is 0.583. The van der Waals surface area contributed by atoms with Crippen LogP contribution in [-0.2, 0) is 9.59 Å². The zero-order valence-corrected chi connectivity index (χ0v) is 25.0. The molecule has 2 fully saturated rings. The van der Waals surface area contributed by atoms with E-state index in [1.54, 1.807) is 19.5 Å². The average Bonchev–Trinajstić information content (AvgIpc) is 3.86. The summed E-state index contributed by atoms with van der Waals surface area (Å²) in [6.07, 6.45) is 12.8. The molecule has 2 aliphatic rings. The lowest BCUT2D eigenvalue weighted by Crippen LogP contribution is -2.34. The maximum Gasteiger partial charge on any atom is 0.225 e. The third-order valence-electron chi connectivity index (χ3n) is 6.40. The number of hydrogen-bond acceptors (Lipinski definition) is 8. The van der Waals surface area contributed by atoms with Crippen molar-refractivity contribution in [2.75, 3.05) is 25.0 Å². The molecule has 0 atom stereocenters. The van der Waals surface area contributed by atoms with Crippen LogP contribution in [0.5, 0.6) is 11.6 Å². The Kier molecular flexibility index (Phi) is 16.3. The summed E-state index contributed by atoms with van der Waals surface area (Å²) in [4.78, 5) is 35.6. The molecule has 1 saturated carbocycles. The Bertz CT molecular complexity index is 1120. The quantitative estimate of drug-likeness (QED) is 0.325. The van der Waals surface area contributed by atoms with Crippen LogP contribution in [0.3, 0.4) is 0 Å². The van der Waals surface area contributed by atoms with Crippen molar-refractivity contribution in [2.24, 2.45) is 10.9 Å². The van der Waals surface area contributed by atoms with Gasteiger partial charge in [-0.2, -0.15) is 0 Å². The standard InChI is InChI=1S/C15H16N2O.C13H19N3.C2H6.2CH2O/c1-11-4-6-14(7-5-11)18-15-8-13(10-16-3)12(2)9-17-15;1-10-4-6-16(7-5-10)13-14-8-12(9-15-13)11-2-3-11;3*1-2/h4-10H,1-3H3;8-11H,2-7H2,1H3;1-2H3;2*1H2. The van der Waals surface area contributed by atoms with Gasteiger partial charge >= 0.3 is 0 Å². The van der Waals surface area contributed by atoms with Crippen LogP contribution in [0.25, 0.3) is 0 Å². The largest absolute Gasteiger partial charge is 0.439 e. The molecule has 0 radical (unpaired) electrons. The van der Waals surface area contributed by atoms with E-state index in [0.29, 0.717) is 5.88 Å². The number of aromatic nitrogens is 3. The van der Waals surface area contributed by atoms with Gasteiger partial charge in [0.25, 0.3) is 0 Å². The number of anilines is 1. The number of aryl methyl sites for hydroxylation is 2. The first-order valence-corrected chi connectivity index (χ1v) is 13.8. The fourth-order valence-electron chi connectivity index (χ4n) is 3.91. The molecular weight excluding hydrogens is 502 g/mol. The van der Waals surface area contributed by atoms with Crippen molar-refractivity contribution in [2.45, 2.75) is 66.2 Å². The summed E-state index contributed by atoms with van der Waals surface area (Å²) in [6.45, 7) is 16.6. The number of aliphatic imine (C=N–C) groups is 1. The topological polar surface area (TPSA) is 97.6 Å². The molecule has 0 spiro atoms. The van der Waals surface area contributed by atoms with Crippen LogP contribution in [0.1, 0.15) is 74.6 Å². The Morgan fingerprint density at radius 3 is 2.00 bits per heavy atom. The Morgan fingerprint density at radius 2 is 1.48 bits per heavy atom. The number of piperidine rings is 1. The fraction of sp³-hybridized carbons (Fsp3) is 0.438. The SMILES string of the molecule is C=O.C=O.CC.CC1CCN(c2ncc(C3CC3)cn2)CC1.CN=Cc1cc(Oc2ccc(C)cc2)ncc1C. The predicted octanol–water partition coefficient (Wildman–Crippen LogP) is 6.79. The molecule has 3 aromatic rings. The first-order chi connectivity index (χ1) is 19.5. The Morgan fingerprint density at radius 1 is 0.900 bits per heavy atom. The smallest absolute Gasteiger partial charge is 0.225 e. The highest BCUT2D eigenvalue weighted by Crippen LogP contribution is 2.39. The number of benzene rings is 1. The van der Waals surface area contributed by atoms with E-state index in [2.05, 4.69) is 31.8 Å². The highest BCUT2D eigenvalue weighted by atomic mass is 16.5. The van der Waals surface area contributed by atoms with Crippen LogP contribution in [0.4, 0.5) is 5.95 Å². The second-order valence-corrected chi connectivity index (χ2v) is 9.44. The summed E-state index contributed by atoms with van der Waals surface area (Å²) >= 11 is 0. The molecule has 1 aromatic carbocycles. The summed E-state index contributed by atoms with van der Waals surface area (Å²) in [5.74, 6) is 3.92. The van der Waals surface area contributed by atoms with Gasteiger partial charge in [-0.25, -0.2) is 15.0 Å². The van der Waals surface area contributed by atoms with Crippen molar-refractivity contribution in [3.05, 3.63) is 71.2 Å². The molecule has 8 nitrogen and oxygen atoms in total. The predicted molar refractivity (Wildman–Crippen MR) is 164 cm³/mol. The zero-order chi connectivity index (χ0) is 29.9. The van der Waals surface area contributed by atoms with Crippen LogP contribution >= 0.6 is 0 Å². The Hall–Kier alpha value is -3.94. The molecule has 1 aliphatic heterocycles. The number of nitrogens with zero attached hydrogens (tertiary/aromatic N) is 5. The van der Waals surface area contributed by atoms with Gasteiger partial charge in [-0.1, -0.05) is 38.5 Å². The van der Waals surface area contributed by atoms with Gasteiger partial charge in [0.05, 0.1) is 0 Å². The van der Waals surface area contributed by atoms with Gasteiger partial charge in [0, 0.05) is 56.6 Å². The first-order valence-electron chi connectivity index (χ1n) is 13.8. The van der Waals surface area contributed by atoms with Gasteiger partial charge in [-0.3, -0.25) is 4.99 Å². The summed E-state index contributed by atoms with van der Waals surface area (Å²) in [6, 6.07) is 9.78. The van der Waals surface area contributed by atoms with Crippen molar-refractivity contribution in [1.82, 2.24) is 15.0 Å². The van der Waals surface area contributed by atoms with Crippen molar-refractivity contribution in [1.29, 1.82) is 0 Å². The van der Waals surface area contributed by atoms with Crippen LogP contribution in [0.15, 0.2) is 53.9 Å². The van der Waals surface area contributed by atoms with E-state index in [1.807, 2.05) is 84.0 Å². The molecule has 216 valence electrons. The molecule has 0 amide bonds. The van der Waals surface area contributed by atoms with Crippen molar-refractivity contribution >= 4 is 25.7 Å². The van der Waals surface area contributed by atoms with Crippen LogP contribution in [0.2, 0.25) is 0 Å². The van der Waals surface area contributed by atoms with Crippen LogP contribution < -0.4 is 9.64 Å². The van der Waals surface area contributed by atoms with E-state index in [4.69, 9.17) is 14.3 Å². The van der Waals surface area contributed by atoms with Gasteiger partial charge in [-0.15, -0.1) is 0 Å². The lowest BCUT2D eigenvalue weighted by molar-refractivity contribution is -0.0987. The molecular formula is C32H45N5O3. The third kappa shape index (κ3) is 11.4. The normalized spacial score (nSPS) is 14.2. The molecule has 1 aliphatic carbocycles. The van der Waals surface area contributed by atoms with E-state index in [9.17, 15) is 0 Å². The van der Waals surface area contributed by atoms with Crippen LogP contribution in [-0.4, -0.2) is 54.9 Å². The van der Waals surface area contributed by atoms with E-state index in [1.165, 1.54) is 36.8 Å². The molecule has 0 N–H and O–H groups in total. The summed E-state index contributed by atoms with van der Waals surface area (Å²) in [5, 5.41) is 0. The molecule has 40 heavy (non-hydrogen) atoms. The van der Waals surface area contributed by atoms with Crippen molar-refractivity contribution in [3.63, 3.8) is 0 Å². The van der Waals surface area contributed by atoms with E-state index in [-0.39, 0.29) is 0 Å². The second kappa shape index (κ2) is 19.2. The number of ether oxygens (including phenoxy) is 1. The first kappa shape index (κ1) is 34.1. The summed E-state index contributed by atoms with van der Waals surface area (Å²) in [7, 11) is 1.75. The maximum absolute atomic E-state index is 8.00. The van der Waals surface area contributed by atoms with Crippen LogP contribution in [0, 0.1) is 19.8 Å². The highest BCUT2D eigenvalue weighted by molar-refractivity contribution is 5.81. The fourth-order valence-corrected chi connectivity index (χ4v) is 3.91. The number of hydrogen-bond donors (Lipinski definition) is 0. The molecule has 5 rings (SSSR count). The molecule has 0 unspecified atom stereocenters. The van der Waals surface area contributed by atoms with Crippen molar-refractivity contribution < 1.29 is 14.3 Å². The van der Waals surface area contributed by atoms with Gasteiger partial charge in [-0.05, 0) is 74.6 Å². The second-order valence-electron chi connectivity index (χ2n) is 9.44. The monoisotopic (exact) mass is 547 g/mol. The van der Waals surface area contributed by atoms with Crippen molar-refractivity contribution in [3.8, 4) is 11.6 Å². The molecule has 8 heteroatoms. The van der Waals surface area contributed by atoms with Gasteiger partial charge in [0.1, 0.15) is 19.3 Å².